The number of halogens is 2. The van der Waals surface area contributed by atoms with E-state index in [4.69, 9.17) is 15.1 Å². The first-order valence-electron chi connectivity index (χ1n) is 4.94. The lowest BCUT2D eigenvalue weighted by Crippen LogP contribution is -2.29. The number of carboxylic acids is 1. The van der Waals surface area contributed by atoms with Gasteiger partial charge in [0.2, 0.25) is 0 Å². The topological polar surface area (TPSA) is 99.4 Å². The van der Waals surface area contributed by atoms with Gasteiger partial charge in [0, 0.05) is 0 Å². The number of hydrogen-bond donors (Lipinski definition) is 2. The third kappa shape index (κ3) is 4.54. The molecule has 0 heterocycles. The molecule has 0 fully saturated rings. The number of amides is 1. The molecule has 0 aliphatic rings. The molecule has 1 amide bonds. The van der Waals surface area contributed by atoms with Gasteiger partial charge in [0.25, 0.3) is 5.91 Å². The van der Waals surface area contributed by atoms with Gasteiger partial charge in [0.15, 0.2) is 6.61 Å². The maximum Gasteiger partial charge on any atom is 0.335 e. The lowest BCUT2D eigenvalue weighted by Gasteiger charge is -2.10. The molecule has 0 atom stereocenters. The Kier molecular flexibility index (Phi) is 5.79. The number of aromatic carboxylic acids is 1. The highest BCUT2D eigenvalue weighted by molar-refractivity contribution is 9.11. The van der Waals surface area contributed by atoms with Crippen molar-refractivity contribution < 1.29 is 19.4 Å². The van der Waals surface area contributed by atoms with Gasteiger partial charge in [0.05, 0.1) is 20.6 Å². The van der Waals surface area contributed by atoms with E-state index in [2.05, 4.69) is 37.2 Å². The zero-order valence-electron chi connectivity index (χ0n) is 9.44. The van der Waals surface area contributed by atoms with Crippen LogP contribution in [-0.4, -0.2) is 30.1 Å². The van der Waals surface area contributed by atoms with E-state index >= 15 is 0 Å². The highest BCUT2D eigenvalue weighted by Crippen LogP contribution is 2.34. The number of benzene rings is 1. The Labute approximate surface area is 125 Å². The number of carbonyl (C=O) groups is 2. The van der Waals surface area contributed by atoms with Crippen LogP contribution in [0.3, 0.4) is 0 Å². The van der Waals surface area contributed by atoms with Crippen LogP contribution in [0.1, 0.15) is 10.4 Å². The summed E-state index contributed by atoms with van der Waals surface area (Å²) in [5.41, 5.74) is 0.0834. The van der Waals surface area contributed by atoms with E-state index in [0.29, 0.717) is 14.7 Å². The number of rotatable bonds is 5. The number of carbonyl (C=O) groups excluding carboxylic acids is 1. The Morgan fingerprint density at radius 2 is 1.95 bits per heavy atom. The third-order valence-corrected chi connectivity index (χ3v) is 3.14. The summed E-state index contributed by atoms with van der Waals surface area (Å²) in [7, 11) is 0. The van der Waals surface area contributed by atoms with Crippen molar-refractivity contribution in [3.8, 4) is 11.8 Å². The third-order valence-electron chi connectivity index (χ3n) is 1.96. The van der Waals surface area contributed by atoms with Crippen LogP contribution in [0.15, 0.2) is 21.1 Å². The molecule has 0 saturated carbocycles. The summed E-state index contributed by atoms with van der Waals surface area (Å²) in [6.45, 7) is -0.367. The summed E-state index contributed by atoms with van der Waals surface area (Å²) in [6, 6.07) is 4.51. The SMILES string of the molecule is N#CCNC(=O)COc1c(Br)cc(C(=O)O)cc1Br. The van der Waals surface area contributed by atoms with Crippen LogP contribution < -0.4 is 10.1 Å². The molecule has 0 radical (unpaired) electrons. The highest BCUT2D eigenvalue weighted by atomic mass is 79.9. The standard InChI is InChI=1S/C11H8Br2N2O4/c12-7-3-6(11(17)18)4-8(13)10(7)19-5-9(16)15-2-1-14/h3-4H,2,5H2,(H,15,16)(H,17,18). The van der Waals surface area contributed by atoms with Crippen LogP contribution in [-0.2, 0) is 4.79 Å². The zero-order chi connectivity index (χ0) is 14.4. The first-order valence-corrected chi connectivity index (χ1v) is 6.53. The molecule has 2 N–H and O–H groups in total. The molecule has 19 heavy (non-hydrogen) atoms. The summed E-state index contributed by atoms with van der Waals surface area (Å²) in [5.74, 6) is -1.19. The van der Waals surface area contributed by atoms with Gasteiger partial charge in [-0.2, -0.15) is 5.26 Å². The molecule has 8 heteroatoms. The van der Waals surface area contributed by atoms with E-state index in [-0.39, 0.29) is 18.7 Å². The van der Waals surface area contributed by atoms with Crippen molar-refractivity contribution in [1.82, 2.24) is 5.32 Å². The Hall–Kier alpha value is -1.59. The second kappa shape index (κ2) is 7.11. The summed E-state index contributed by atoms with van der Waals surface area (Å²) in [4.78, 5) is 22.1. The van der Waals surface area contributed by atoms with Gasteiger partial charge in [-0.05, 0) is 44.0 Å². The Morgan fingerprint density at radius 1 is 1.37 bits per heavy atom. The average Bonchev–Trinajstić information content (AvgIpc) is 2.34. The molecular weight excluding hydrogens is 384 g/mol. The monoisotopic (exact) mass is 390 g/mol. The van der Waals surface area contributed by atoms with Gasteiger partial charge in [-0.3, -0.25) is 4.79 Å². The quantitative estimate of drug-likeness (QED) is 0.747. The number of ether oxygens (including phenoxy) is 1. The summed E-state index contributed by atoms with van der Waals surface area (Å²) >= 11 is 6.33. The second-order valence-corrected chi connectivity index (χ2v) is 5.01. The number of nitrogens with zero attached hydrogens (tertiary/aromatic N) is 1. The minimum Gasteiger partial charge on any atom is -0.481 e. The number of hydrogen-bond acceptors (Lipinski definition) is 4. The molecule has 1 rings (SSSR count). The van der Waals surface area contributed by atoms with Gasteiger partial charge in [-0.1, -0.05) is 0 Å². The predicted octanol–water partition coefficient (Wildman–Crippen LogP) is 1.93. The molecule has 0 spiro atoms. The molecule has 1 aromatic carbocycles. The van der Waals surface area contributed by atoms with E-state index in [0.717, 1.165) is 0 Å². The maximum absolute atomic E-state index is 11.3. The number of nitriles is 1. The van der Waals surface area contributed by atoms with E-state index in [1.165, 1.54) is 12.1 Å². The van der Waals surface area contributed by atoms with Gasteiger partial charge >= 0.3 is 5.97 Å². The average molecular weight is 392 g/mol. The van der Waals surface area contributed by atoms with Crippen LogP contribution in [0.25, 0.3) is 0 Å². The van der Waals surface area contributed by atoms with Gasteiger partial charge in [-0.15, -0.1) is 0 Å². The van der Waals surface area contributed by atoms with Crippen molar-refractivity contribution in [3.63, 3.8) is 0 Å². The normalized spacial score (nSPS) is 9.53. The summed E-state index contributed by atoms with van der Waals surface area (Å²) in [6.07, 6.45) is 0. The minimum atomic E-state index is -1.07. The summed E-state index contributed by atoms with van der Waals surface area (Å²) < 4.78 is 6.07. The van der Waals surface area contributed by atoms with Crippen LogP contribution in [0, 0.1) is 11.3 Å². The first-order chi connectivity index (χ1) is 8.95. The molecule has 0 aliphatic heterocycles. The van der Waals surface area contributed by atoms with Crippen LogP contribution in [0.2, 0.25) is 0 Å². The van der Waals surface area contributed by atoms with Crippen LogP contribution >= 0.6 is 31.9 Å². The molecule has 1 aromatic rings. The number of carboxylic acid groups (broad SMARTS) is 1. The van der Waals surface area contributed by atoms with Crippen LogP contribution in [0.5, 0.6) is 5.75 Å². The number of nitrogens with one attached hydrogen (secondary N) is 1. The molecule has 0 aromatic heterocycles. The van der Waals surface area contributed by atoms with Crippen molar-refractivity contribution in [2.24, 2.45) is 0 Å². The van der Waals surface area contributed by atoms with Gasteiger partial charge < -0.3 is 15.2 Å². The maximum atomic E-state index is 11.3. The molecule has 6 nitrogen and oxygen atoms in total. The Morgan fingerprint density at radius 3 is 2.42 bits per heavy atom. The van der Waals surface area contributed by atoms with Crippen molar-refractivity contribution in [3.05, 3.63) is 26.6 Å². The Bertz CT molecular complexity index is 531. The second-order valence-electron chi connectivity index (χ2n) is 3.30. The fraction of sp³-hybridized carbons (Fsp3) is 0.182. The highest BCUT2D eigenvalue weighted by Gasteiger charge is 2.13. The van der Waals surface area contributed by atoms with Crippen molar-refractivity contribution in [2.75, 3.05) is 13.2 Å². The molecule has 0 saturated heterocycles. The molecule has 0 aliphatic carbocycles. The Balaban J connectivity index is 2.77. The first kappa shape index (κ1) is 15.5. The van der Waals surface area contributed by atoms with E-state index in [1.54, 1.807) is 6.07 Å². The van der Waals surface area contributed by atoms with E-state index < -0.39 is 11.9 Å². The minimum absolute atomic E-state index is 0.0834. The van der Waals surface area contributed by atoms with Crippen molar-refractivity contribution in [1.29, 1.82) is 5.26 Å². The van der Waals surface area contributed by atoms with Crippen LogP contribution in [0.4, 0.5) is 0 Å². The zero-order valence-corrected chi connectivity index (χ0v) is 12.6. The molecule has 0 bridgehead atoms. The lowest BCUT2D eigenvalue weighted by molar-refractivity contribution is -0.122. The fourth-order valence-corrected chi connectivity index (χ4v) is 2.56. The van der Waals surface area contributed by atoms with Gasteiger partial charge in [-0.25, -0.2) is 4.79 Å². The molecular formula is C11H8Br2N2O4. The lowest BCUT2D eigenvalue weighted by atomic mass is 10.2. The molecule has 100 valence electrons. The molecule has 0 unspecified atom stereocenters. The largest absolute Gasteiger partial charge is 0.481 e. The van der Waals surface area contributed by atoms with E-state index in [9.17, 15) is 9.59 Å². The fourth-order valence-electron chi connectivity index (χ4n) is 1.15. The van der Waals surface area contributed by atoms with Gasteiger partial charge in [0.1, 0.15) is 12.3 Å². The summed E-state index contributed by atoms with van der Waals surface area (Å²) in [5, 5.41) is 19.5. The van der Waals surface area contributed by atoms with Crippen molar-refractivity contribution >= 4 is 43.7 Å². The van der Waals surface area contributed by atoms with E-state index in [1.807, 2.05) is 0 Å². The predicted molar refractivity (Wildman–Crippen MR) is 72.9 cm³/mol. The van der Waals surface area contributed by atoms with Crippen molar-refractivity contribution in [2.45, 2.75) is 0 Å². The smallest absolute Gasteiger partial charge is 0.335 e.